The average Bonchev–Trinajstić information content (AvgIpc) is 3.07. The van der Waals surface area contributed by atoms with Crippen LogP contribution in [0.2, 0.25) is 0 Å². The average molecular weight is 263 g/mol. The quantitative estimate of drug-likeness (QED) is 0.885. The molecule has 1 aromatic heterocycles. The van der Waals surface area contributed by atoms with Gasteiger partial charge in [0.2, 0.25) is 5.91 Å². The van der Waals surface area contributed by atoms with E-state index in [4.69, 9.17) is 4.74 Å². The summed E-state index contributed by atoms with van der Waals surface area (Å²) in [6, 6.07) is 0.192. The Balaban J connectivity index is 1.75. The molecule has 19 heavy (non-hydrogen) atoms. The summed E-state index contributed by atoms with van der Waals surface area (Å²) in [5, 5.41) is 7.16. The van der Waals surface area contributed by atoms with Crippen molar-refractivity contribution in [3.8, 4) is 0 Å². The molecule has 1 aromatic rings. The number of aryl methyl sites for hydroxylation is 1. The maximum atomic E-state index is 12.7. The third-order valence-corrected chi connectivity index (χ3v) is 4.31. The highest BCUT2D eigenvalue weighted by Crippen LogP contribution is 2.34. The first-order valence-corrected chi connectivity index (χ1v) is 7.15. The molecule has 0 spiro atoms. The number of aromatic amines is 1. The van der Waals surface area contributed by atoms with Crippen molar-refractivity contribution in [2.24, 2.45) is 5.92 Å². The summed E-state index contributed by atoms with van der Waals surface area (Å²) >= 11 is 0. The normalized spacial score (nSPS) is 24.9. The van der Waals surface area contributed by atoms with Gasteiger partial charge in [0, 0.05) is 25.7 Å². The van der Waals surface area contributed by atoms with Crippen LogP contribution in [0.5, 0.6) is 0 Å². The Labute approximate surface area is 113 Å². The van der Waals surface area contributed by atoms with E-state index < -0.39 is 0 Å². The van der Waals surface area contributed by atoms with Gasteiger partial charge >= 0.3 is 0 Å². The van der Waals surface area contributed by atoms with Crippen molar-refractivity contribution in [1.82, 2.24) is 15.1 Å². The van der Waals surface area contributed by atoms with E-state index in [1.165, 1.54) is 0 Å². The molecule has 3 rings (SSSR count). The summed E-state index contributed by atoms with van der Waals surface area (Å²) in [4.78, 5) is 14.7. The topological polar surface area (TPSA) is 58.2 Å². The van der Waals surface area contributed by atoms with Crippen molar-refractivity contribution >= 4 is 5.91 Å². The minimum Gasteiger partial charge on any atom is -0.381 e. The monoisotopic (exact) mass is 263 g/mol. The summed E-state index contributed by atoms with van der Waals surface area (Å²) in [6.07, 6.45) is 5.69. The highest BCUT2D eigenvalue weighted by molar-refractivity contribution is 5.79. The van der Waals surface area contributed by atoms with Crippen LogP contribution in [0.3, 0.4) is 0 Å². The fourth-order valence-corrected chi connectivity index (χ4v) is 3.20. The number of nitrogens with one attached hydrogen (secondary N) is 1. The molecule has 104 valence electrons. The predicted molar refractivity (Wildman–Crippen MR) is 70.6 cm³/mol. The number of aromatic nitrogens is 2. The number of rotatable bonds is 2. The lowest BCUT2D eigenvalue weighted by Crippen LogP contribution is -2.38. The van der Waals surface area contributed by atoms with Gasteiger partial charge in [-0.25, -0.2) is 0 Å². The van der Waals surface area contributed by atoms with E-state index in [1.54, 1.807) is 0 Å². The van der Waals surface area contributed by atoms with Crippen LogP contribution in [0.25, 0.3) is 0 Å². The van der Waals surface area contributed by atoms with E-state index in [0.29, 0.717) is 5.91 Å². The SMILES string of the molecule is Cc1cn[nH]c1C1CCCN1C(=O)C1CCOCC1. The molecule has 2 aliphatic heterocycles. The zero-order valence-electron chi connectivity index (χ0n) is 11.4. The Kier molecular flexibility index (Phi) is 3.55. The number of H-pyrrole nitrogens is 1. The number of nitrogens with zero attached hydrogens (tertiary/aromatic N) is 2. The number of hydrogen-bond donors (Lipinski definition) is 1. The minimum atomic E-state index is 0.151. The van der Waals surface area contributed by atoms with E-state index in [-0.39, 0.29) is 12.0 Å². The van der Waals surface area contributed by atoms with Gasteiger partial charge < -0.3 is 9.64 Å². The molecule has 3 heterocycles. The molecule has 5 nitrogen and oxygen atoms in total. The van der Waals surface area contributed by atoms with Gasteiger partial charge in [0.1, 0.15) is 0 Å². The first-order chi connectivity index (χ1) is 9.27. The van der Waals surface area contributed by atoms with Crippen LogP contribution in [0.1, 0.15) is 43.0 Å². The molecule has 2 aliphatic rings. The van der Waals surface area contributed by atoms with Gasteiger partial charge in [-0.1, -0.05) is 0 Å². The van der Waals surface area contributed by atoms with Crippen LogP contribution in [0.4, 0.5) is 0 Å². The molecule has 1 unspecified atom stereocenters. The van der Waals surface area contributed by atoms with Gasteiger partial charge in [0.05, 0.1) is 17.9 Å². The molecule has 0 bridgehead atoms. The Morgan fingerprint density at radius 3 is 2.89 bits per heavy atom. The number of carbonyl (C=O) groups is 1. The summed E-state index contributed by atoms with van der Waals surface area (Å²) < 4.78 is 5.34. The number of likely N-dealkylation sites (tertiary alicyclic amines) is 1. The Bertz CT molecular complexity index is 451. The first-order valence-electron chi connectivity index (χ1n) is 7.15. The Morgan fingerprint density at radius 2 is 2.21 bits per heavy atom. The minimum absolute atomic E-state index is 0.151. The number of ether oxygens (including phenoxy) is 1. The second-order valence-corrected chi connectivity index (χ2v) is 5.54. The van der Waals surface area contributed by atoms with Crippen molar-refractivity contribution in [3.05, 3.63) is 17.5 Å². The van der Waals surface area contributed by atoms with Gasteiger partial charge in [-0.15, -0.1) is 0 Å². The van der Waals surface area contributed by atoms with Gasteiger partial charge in [0.15, 0.2) is 0 Å². The summed E-state index contributed by atoms with van der Waals surface area (Å²) in [6.45, 7) is 4.36. The van der Waals surface area contributed by atoms with Crippen LogP contribution in [-0.2, 0) is 9.53 Å². The van der Waals surface area contributed by atoms with Gasteiger partial charge in [-0.05, 0) is 38.2 Å². The maximum absolute atomic E-state index is 12.7. The molecular formula is C14H21N3O2. The number of carbonyl (C=O) groups excluding carboxylic acids is 1. The molecule has 2 fully saturated rings. The van der Waals surface area contributed by atoms with Gasteiger partial charge in [0.25, 0.3) is 0 Å². The van der Waals surface area contributed by atoms with Gasteiger partial charge in [-0.3, -0.25) is 9.89 Å². The number of amides is 1. The van der Waals surface area contributed by atoms with Crippen LogP contribution < -0.4 is 0 Å². The molecule has 0 radical (unpaired) electrons. The fraction of sp³-hybridized carbons (Fsp3) is 0.714. The zero-order valence-corrected chi connectivity index (χ0v) is 11.4. The second kappa shape index (κ2) is 5.33. The van der Waals surface area contributed by atoms with Gasteiger partial charge in [-0.2, -0.15) is 5.10 Å². The van der Waals surface area contributed by atoms with Crippen LogP contribution in [0, 0.1) is 12.8 Å². The maximum Gasteiger partial charge on any atom is 0.226 e. The summed E-state index contributed by atoms with van der Waals surface area (Å²) in [5.41, 5.74) is 2.26. The molecule has 2 saturated heterocycles. The summed E-state index contributed by atoms with van der Waals surface area (Å²) in [7, 11) is 0. The van der Waals surface area contributed by atoms with Crippen LogP contribution in [-0.4, -0.2) is 40.8 Å². The van der Waals surface area contributed by atoms with E-state index >= 15 is 0 Å². The summed E-state index contributed by atoms with van der Waals surface area (Å²) in [5.74, 6) is 0.456. The highest BCUT2D eigenvalue weighted by atomic mass is 16.5. The van der Waals surface area contributed by atoms with E-state index in [9.17, 15) is 4.79 Å². The lowest BCUT2D eigenvalue weighted by atomic mass is 9.97. The van der Waals surface area contributed by atoms with Crippen molar-refractivity contribution in [2.75, 3.05) is 19.8 Å². The van der Waals surface area contributed by atoms with E-state index in [0.717, 1.165) is 56.7 Å². The lowest BCUT2D eigenvalue weighted by Gasteiger charge is -2.30. The predicted octanol–water partition coefficient (Wildman–Crippen LogP) is 1.81. The Morgan fingerprint density at radius 1 is 1.42 bits per heavy atom. The molecule has 5 heteroatoms. The molecule has 0 saturated carbocycles. The van der Waals surface area contributed by atoms with E-state index in [2.05, 4.69) is 15.1 Å². The fourth-order valence-electron chi connectivity index (χ4n) is 3.20. The first kappa shape index (κ1) is 12.7. The largest absolute Gasteiger partial charge is 0.381 e. The highest BCUT2D eigenvalue weighted by Gasteiger charge is 2.35. The van der Waals surface area contributed by atoms with Crippen molar-refractivity contribution in [2.45, 2.75) is 38.6 Å². The molecular weight excluding hydrogens is 242 g/mol. The van der Waals surface area contributed by atoms with Crippen LogP contribution >= 0.6 is 0 Å². The zero-order chi connectivity index (χ0) is 13.2. The second-order valence-electron chi connectivity index (χ2n) is 5.54. The smallest absolute Gasteiger partial charge is 0.226 e. The lowest BCUT2D eigenvalue weighted by molar-refractivity contribution is -0.139. The van der Waals surface area contributed by atoms with E-state index in [1.807, 2.05) is 13.1 Å². The van der Waals surface area contributed by atoms with Crippen molar-refractivity contribution < 1.29 is 9.53 Å². The van der Waals surface area contributed by atoms with Crippen molar-refractivity contribution in [3.63, 3.8) is 0 Å². The molecule has 0 aliphatic carbocycles. The third kappa shape index (κ3) is 2.39. The number of hydrogen-bond acceptors (Lipinski definition) is 3. The Hall–Kier alpha value is -1.36. The standard InChI is InChI=1S/C14H21N3O2/c1-10-9-15-16-13(10)12-3-2-6-17(12)14(18)11-4-7-19-8-5-11/h9,11-12H,2-8H2,1H3,(H,15,16). The van der Waals surface area contributed by atoms with Crippen LogP contribution in [0.15, 0.2) is 6.20 Å². The molecule has 0 aromatic carbocycles. The molecule has 1 amide bonds. The molecule has 1 atom stereocenters. The molecule has 1 N–H and O–H groups in total. The van der Waals surface area contributed by atoms with Crippen molar-refractivity contribution in [1.29, 1.82) is 0 Å². The third-order valence-electron chi connectivity index (χ3n) is 4.31.